The molecule has 37 heavy (non-hydrogen) atoms. The van der Waals surface area contributed by atoms with Gasteiger partial charge in [-0.05, 0) is 80.8 Å². The van der Waals surface area contributed by atoms with Gasteiger partial charge >= 0.3 is 0 Å². The van der Waals surface area contributed by atoms with Crippen molar-refractivity contribution in [2.45, 2.75) is 36.5 Å². The van der Waals surface area contributed by atoms with Gasteiger partial charge in [0.2, 0.25) is 15.9 Å². The summed E-state index contributed by atoms with van der Waals surface area (Å²) in [5, 5.41) is 3.03. The molecule has 1 amide bonds. The predicted octanol–water partition coefficient (Wildman–Crippen LogP) is 4.58. The molecule has 1 aliphatic rings. The molecule has 11 heteroatoms. The fourth-order valence-electron chi connectivity index (χ4n) is 4.01. The number of benzene rings is 3. The minimum Gasteiger partial charge on any atom is -0.325 e. The van der Waals surface area contributed by atoms with Crippen LogP contribution in [0, 0.1) is 13.8 Å². The number of carbonyl (C=O) groups excluding carboxylic acids is 1. The molecular formula is C26H28ClN3O5S2. The third kappa shape index (κ3) is 5.98. The molecule has 1 aliphatic heterocycles. The maximum Gasteiger partial charge on any atom is 0.264 e. The molecule has 0 aromatic heterocycles. The molecule has 0 unspecified atom stereocenters. The maximum atomic E-state index is 13.5. The van der Waals surface area contributed by atoms with E-state index in [1.807, 2.05) is 6.92 Å². The SMILES string of the molecule is Cc1ccc(S(=O)(=O)N(CC(=O)Nc2ccc(S(=O)(=O)N3CCCC3)cc2)c2ccc(C)c(Cl)c2)cc1. The van der Waals surface area contributed by atoms with Crippen molar-refractivity contribution in [1.82, 2.24) is 4.31 Å². The zero-order chi connectivity index (χ0) is 26.8. The second-order valence-corrected chi connectivity index (χ2v) is 13.1. The van der Waals surface area contributed by atoms with Crippen LogP contribution in [0.2, 0.25) is 5.02 Å². The summed E-state index contributed by atoms with van der Waals surface area (Å²) >= 11 is 6.27. The van der Waals surface area contributed by atoms with Crippen molar-refractivity contribution in [2.24, 2.45) is 0 Å². The Morgan fingerprint density at radius 2 is 1.49 bits per heavy atom. The second-order valence-electron chi connectivity index (χ2n) is 8.94. The smallest absolute Gasteiger partial charge is 0.264 e. The van der Waals surface area contributed by atoms with Crippen molar-refractivity contribution in [3.8, 4) is 0 Å². The Hall–Kier alpha value is -2.92. The van der Waals surface area contributed by atoms with E-state index in [1.54, 1.807) is 31.2 Å². The van der Waals surface area contributed by atoms with Crippen LogP contribution in [0.25, 0.3) is 0 Å². The molecule has 196 valence electrons. The van der Waals surface area contributed by atoms with Crippen molar-refractivity contribution in [1.29, 1.82) is 0 Å². The summed E-state index contributed by atoms with van der Waals surface area (Å²) < 4.78 is 55.0. The van der Waals surface area contributed by atoms with E-state index in [4.69, 9.17) is 11.6 Å². The maximum absolute atomic E-state index is 13.5. The van der Waals surface area contributed by atoms with Crippen LogP contribution in [-0.2, 0) is 24.8 Å². The van der Waals surface area contributed by atoms with Crippen LogP contribution in [0.5, 0.6) is 0 Å². The van der Waals surface area contributed by atoms with E-state index in [9.17, 15) is 21.6 Å². The summed E-state index contributed by atoms with van der Waals surface area (Å²) in [5.41, 5.74) is 2.27. The molecule has 0 atom stereocenters. The molecular weight excluding hydrogens is 534 g/mol. The number of anilines is 2. The van der Waals surface area contributed by atoms with Crippen LogP contribution >= 0.6 is 11.6 Å². The third-order valence-corrected chi connectivity index (χ3v) is 10.3. The van der Waals surface area contributed by atoms with E-state index in [2.05, 4.69) is 5.32 Å². The summed E-state index contributed by atoms with van der Waals surface area (Å²) in [4.78, 5) is 13.2. The van der Waals surface area contributed by atoms with Crippen molar-refractivity contribution in [2.75, 3.05) is 29.3 Å². The second kappa shape index (κ2) is 10.8. The van der Waals surface area contributed by atoms with E-state index >= 15 is 0 Å². The first-order valence-corrected chi connectivity index (χ1v) is 15.0. The van der Waals surface area contributed by atoms with Gasteiger partial charge in [-0.1, -0.05) is 35.4 Å². The summed E-state index contributed by atoms with van der Waals surface area (Å²) in [6.07, 6.45) is 1.67. The lowest BCUT2D eigenvalue weighted by Gasteiger charge is -2.24. The lowest BCUT2D eigenvalue weighted by Crippen LogP contribution is -2.38. The van der Waals surface area contributed by atoms with E-state index < -0.39 is 32.5 Å². The Balaban J connectivity index is 1.57. The Morgan fingerprint density at radius 3 is 2.08 bits per heavy atom. The molecule has 4 rings (SSSR count). The van der Waals surface area contributed by atoms with Crippen molar-refractivity contribution in [3.63, 3.8) is 0 Å². The van der Waals surface area contributed by atoms with Gasteiger partial charge in [-0.25, -0.2) is 16.8 Å². The summed E-state index contributed by atoms with van der Waals surface area (Å²) in [5.74, 6) is -0.595. The Labute approximate surface area is 223 Å². The van der Waals surface area contributed by atoms with Crippen molar-refractivity contribution in [3.05, 3.63) is 82.9 Å². The molecule has 0 spiro atoms. The van der Waals surface area contributed by atoms with Crippen LogP contribution in [0.15, 0.2) is 76.5 Å². The number of hydrogen-bond donors (Lipinski definition) is 1. The van der Waals surface area contributed by atoms with Gasteiger partial charge in [-0.15, -0.1) is 0 Å². The highest BCUT2D eigenvalue weighted by atomic mass is 35.5. The molecule has 0 radical (unpaired) electrons. The molecule has 1 heterocycles. The average Bonchev–Trinajstić information content (AvgIpc) is 3.41. The van der Waals surface area contributed by atoms with Crippen LogP contribution < -0.4 is 9.62 Å². The zero-order valence-corrected chi connectivity index (χ0v) is 22.9. The van der Waals surface area contributed by atoms with Gasteiger partial charge in [-0.3, -0.25) is 9.10 Å². The standard InChI is InChI=1S/C26H28ClN3O5S2/c1-19-5-11-24(12-6-19)37(34,35)30(22-10-7-20(2)25(27)17-22)18-26(31)28-21-8-13-23(14-9-21)36(32,33)29-15-3-4-16-29/h5-14,17H,3-4,15-16,18H2,1-2H3,(H,28,31). The van der Waals surface area contributed by atoms with Crippen LogP contribution in [-0.4, -0.2) is 46.7 Å². The Kier molecular flexibility index (Phi) is 7.94. The van der Waals surface area contributed by atoms with Crippen LogP contribution in [0.1, 0.15) is 24.0 Å². The molecule has 1 N–H and O–H groups in total. The van der Waals surface area contributed by atoms with E-state index in [0.717, 1.165) is 28.3 Å². The number of hydrogen-bond acceptors (Lipinski definition) is 5. The highest BCUT2D eigenvalue weighted by Gasteiger charge is 2.29. The lowest BCUT2D eigenvalue weighted by molar-refractivity contribution is -0.114. The molecule has 1 saturated heterocycles. The topological polar surface area (TPSA) is 104 Å². The zero-order valence-electron chi connectivity index (χ0n) is 20.5. The number of rotatable bonds is 8. The molecule has 0 aliphatic carbocycles. The molecule has 0 saturated carbocycles. The van der Waals surface area contributed by atoms with Gasteiger partial charge in [0.15, 0.2) is 0 Å². The number of aryl methyl sites for hydroxylation is 2. The van der Waals surface area contributed by atoms with E-state index in [1.165, 1.54) is 46.8 Å². The minimum absolute atomic E-state index is 0.0408. The van der Waals surface area contributed by atoms with Gasteiger partial charge in [0.25, 0.3) is 10.0 Å². The third-order valence-electron chi connectivity index (χ3n) is 6.18. The summed E-state index contributed by atoms with van der Waals surface area (Å²) in [7, 11) is -7.67. The minimum atomic E-state index is -4.09. The first-order valence-electron chi connectivity index (χ1n) is 11.7. The molecule has 0 bridgehead atoms. The Bertz CT molecular complexity index is 1500. The van der Waals surface area contributed by atoms with E-state index in [0.29, 0.717) is 23.8 Å². The molecule has 3 aromatic carbocycles. The van der Waals surface area contributed by atoms with Gasteiger partial charge in [-0.2, -0.15) is 4.31 Å². The normalized spacial score (nSPS) is 14.5. The predicted molar refractivity (Wildman–Crippen MR) is 145 cm³/mol. The summed E-state index contributed by atoms with van der Waals surface area (Å²) in [6.45, 7) is 4.13. The number of nitrogens with zero attached hydrogens (tertiary/aromatic N) is 2. The van der Waals surface area contributed by atoms with Crippen LogP contribution in [0.3, 0.4) is 0 Å². The fourth-order valence-corrected chi connectivity index (χ4v) is 7.11. The Morgan fingerprint density at radius 1 is 0.892 bits per heavy atom. The highest BCUT2D eigenvalue weighted by molar-refractivity contribution is 7.92. The monoisotopic (exact) mass is 561 g/mol. The largest absolute Gasteiger partial charge is 0.325 e. The number of carbonyl (C=O) groups is 1. The van der Waals surface area contributed by atoms with Crippen molar-refractivity contribution < 1.29 is 21.6 Å². The van der Waals surface area contributed by atoms with Gasteiger partial charge in [0.1, 0.15) is 6.54 Å². The lowest BCUT2D eigenvalue weighted by atomic mass is 10.2. The first-order chi connectivity index (χ1) is 17.5. The first kappa shape index (κ1) is 27.1. The number of amides is 1. The number of halogens is 1. The fraction of sp³-hybridized carbons (Fsp3) is 0.269. The van der Waals surface area contributed by atoms with Crippen molar-refractivity contribution >= 4 is 48.9 Å². The quantitative estimate of drug-likeness (QED) is 0.434. The molecule has 3 aromatic rings. The van der Waals surface area contributed by atoms with Crippen LogP contribution in [0.4, 0.5) is 11.4 Å². The number of nitrogens with one attached hydrogen (secondary N) is 1. The summed E-state index contributed by atoms with van der Waals surface area (Å²) in [6, 6.07) is 17.0. The van der Waals surface area contributed by atoms with E-state index in [-0.39, 0.29) is 15.5 Å². The van der Waals surface area contributed by atoms with Gasteiger partial charge in [0.05, 0.1) is 15.5 Å². The molecule has 8 nitrogen and oxygen atoms in total. The average molecular weight is 562 g/mol. The highest BCUT2D eigenvalue weighted by Crippen LogP contribution is 2.28. The number of sulfonamides is 2. The van der Waals surface area contributed by atoms with Gasteiger partial charge in [0, 0.05) is 23.8 Å². The molecule has 1 fully saturated rings. The van der Waals surface area contributed by atoms with Gasteiger partial charge < -0.3 is 5.32 Å².